The number of nitrogens with one attached hydrogen (secondary N) is 1. The van der Waals surface area contributed by atoms with Crippen molar-refractivity contribution in [2.24, 2.45) is 7.05 Å². The van der Waals surface area contributed by atoms with E-state index in [2.05, 4.69) is 17.0 Å². The highest BCUT2D eigenvalue weighted by atomic mass is 16.5. The summed E-state index contributed by atoms with van der Waals surface area (Å²) in [6, 6.07) is 2.03. The Morgan fingerprint density at radius 1 is 1.39 bits per heavy atom. The Balaban J connectivity index is 1.74. The number of aromatic nitrogens is 5. The second-order valence-electron chi connectivity index (χ2n) is 6.87. The predicted molar refractivity (Wildman–Crippen MR) is 108 cm³/mol. The minimum atomic E-state index is -0.0465. The summed E-state index contributed by atoms with van der Waals surface area (Å²) < 4.78 is 15.5. The summed E-state index contributed by atoms with van der Waals surface area (Å²) in [6.07, 6.45) is 8.51. The van der Waals surface area contributed by atoms with Crippen molar-refractivity contribution >= 4 is 17.0 Å². The van der Waals surface area contributed by atoms with Crippen LogP contribution in [0.5, 0.6) is 5.75 Å². The SMILES string of the molecule is C=Cc1nn(C2CCCCO2)c2cnc(-c3c(OCCNC)cnn3C)cc12. The van der Waals surface area contributed by atoms with Crippen molar-refractivity contribution < 1.29 is 9.47 Å². The van der Waals surface area contributed by atoms with Gasteiger partial charge in [0.1, 0.15) is 12.3 Å². The van der Waals surface area contributed by atoms with Crippen molar-refractivity contribution in [3.63, 3.8) is 0 Å². The topological polar surface area (TPSA) is 79.0 Å². The lowest BCUT2D eigenvalue weighted by atomic mass is 10.1. The van der Waals surface area contributed by atoms with Gasteiger partial charge in [-0.1, -0.05) is 6.58 Å². The molecule has 0 aliphatic carbocycles. The molecule has 1 aliphatic rings. The molecule has 1 atom stereocenters. The molecule has 0 spiro atoms. The van der Waals surface area contributed by atoms with Crippen LogP contribution in [0, 0.1) is 0 Å². The largest absolute Gasteiger partial charge is 0.488 e. The van der Waals surface area contributed by atoms with E-state index in [4.69, 9.17) is 19.6 Å². The van der Waals surface area contributed by atoms with Crippen LogP contribution in [0.15, 0.2) is 25.0 Å². The highest BCUT2D eigenvalue weighted by Gasteiger charge is 2.22. The quantitative estimate of drug-likeness (QED) is 0.633. The molecule has 4 heterocycles. The van der Waals surface area contributed by atoms with Crippen LogP contribution in [0.1, 0.15) is 31.2 Å². The summed E-state index contributed by atoms with van der Waals surface area (Å²) in [5.41, 5.74) is 3.41. The molecular formula is C20H26N6O2. The standard InChI is InChI=1S/C20H26N6O2/c1-4-15-14-11-16(20-18(13-23-25(20)3)27-10-8-21-2)22-12-17(14)26(24-15)19-7-5-6-9-28-19/h4,11-13,19,21H,1,5-10H2,2-3H3. The maximum Gasteiger partial charge on any atom is 0.166 e. The average molecular weight is 382 g/mol. The second-order valence-corrected chi connectivity index (χ2v) is 6.87. The molecule has 1 unspecified atom stereocenters. The molecule has 0 radical (unpaired) electrons. The van der Waals surface area contributed by atoms with Crippen LogP contribution in [0.25, 0.3) is 28.4 Å². The fourth-order valence-corrected chi connectivity index (χ4v) is 3.55. The Morgan fingerprint density at radius 3 is 3.04 bits per heavy atom. The van der Waals surface area contributed by atoms with E-state index in [0.29, 0.717) is 12.4 Å². The monoisotopic (exact) mass is 382 g/mol. The van der Waals surface area contributed by atoms with Crippen LogP contribution < -0.4 is 10.1 Å². The molecule has 0 bridgehead atoms. The van der Waals surface area contributed by atoms with Crippen LogP contribution in [0.2, 0.25) is 0 Å². The van der Waals surface area contributed by atoms with Crippen LogP contribution in [0.4, 0.5) is 0 Å². The zero-order valence-electron chi connectivity index (χ0n) is 16.4. The molecule has 3 aromatic rings. The highest BCUT2D eigenvalue weighted by Crippen LogP contribution is 2.33. The number of rotatable bonds is 7. The van der Waals surface area contributed by atoms with Gasteiger partial charge < -0.3 is 14.8 Å². The molecule has 8 heteroatoms. The lowest BCUT2D eigenvalue weighted by Crippen LogP contribution is -2.19. The summed E-state index contributed by atoms with van der Waals surface area (Å²) in [5.74, 6) is 0.716. The van der Waals surface area contributed by atoms with Crippen molar-refractivity contribution in [3.8, 4) is 17.1 Å². The molecule has 1 N–H and O–H groups in total. The third-order valence-corrected chi connectivity index (χ3v) is 5.00. The number of hydrogen-bond donors (Lipinski definition) is 1. The van der Waals surface area contributed by atoms with Gasteiger partial charge in [-0.3, -0.25) is 9.67 Å². The number of nitrogens with zero attached hydrogens (tertiary/aromatic N) is 5. The summed E-state index contributed by atoms with van der Waals surface area (Å²) in [6.45, 7) is 6.02. The molecule has 1 saturated heterocycles. The first-order chi connectivity index (χ1) is 13.7. The van der Waals surface area contributed by atoms with Gasteiger partial charge in [-0.15, -0.1) is 0 Å². The normalized spacial score (nSPS) is 17.1. The first-order valence-electron chi connectivity index (χ1n) is 9.65. The Labute approximate surface area is 164 Å². The van der Waals surface area contributed by atoms with Gasteiger partial charge in [-0.05, 0) is 38.5 Å². The van der Waals surface area contributed by atoms with Crippen LogP contribution in [-0.4, -0.2) is 51.4 Å². The number of hydrogen-bond acceptors (Lipinski definition) is 6. The number of ether oxygens (including phenoxy) is 2. The Bertz CT molecular complexity index is 971. The van der Waals surface area contributed by atoms with Gasteiger partial charge in [0.25, 0.3) is 0 Å². The molecule has 1 fully saturated rings. The maximum absolute atomic E-state index is 5.92. The smallest absolute Gasteiger partial charge is 0.166 e. The van der Waals surface area contributed by atoms with Crippen molar-refractivity contribution in [2.75, 3.05) is 26.8 Å². The Kier molecular flexibility index (Phi) is 5.40. The van der Waals surface area contributed by atoms with Gasteiger partial charge in [0.05, 0.1) is 29.3 Å². The van der Waals surface area contributed by atoms with Gasteiger partial charge >= 0.3 is 0 Å². The molecular weight excluding hydrogens is 356 g/mol. The van der Waals surface area contributed by atoms with Crippen molar-refractivity contribution in [1.29, 1.82) is 0 Å². The first kappa shape index (κ1) is 18.6. The summed E-state index contributed by atoms with van der Waals surface area (Å²) in [7, 11) is 3.79. The fourth-order valence-electron chi connectivity index (χ4n) is 3.55. The third-order valence-electron chi connectivity index (χ3n) is 5.00. The summed E-state index contributed by atoms with van der Waals surface area (Å²) in [4.78, 5) is 4.70. The molecule has 1 aliphatic heterocycles. The third kappa shape index (κ3) is 3.41. The molecule has 0 aromatic carbocycles. The Hall–Kier alpha value is -2.71. The van der Waals surface area contributed by atoms with Gasteiger partial charge in [0, 0.05) is 25.6 Å². The second kappa shape index (κ2) is 8.12. The number of likely N-dealkylation sites (N-methyl/N-ethyl adjacent to an activating group) is 1. The Morgan fingerprint density at radius 2 is 2.29 bits per heavy atom. The molecule has 0 saturated carbocycles. The summed E-state index contributed by atoms with van der Waals surface area (Å²) >= 11 is 0. The molecule has 3 aromatic heterocycles. The van der Waals surface area contributed by atoms with E-state index >= 15 is 0 Å². The van der Waals surface area contributed by atoms with E-state index in [0.717, 1.165) is 60.4 Å². The van der Waals surface area contributed by atoms with Gasteiger partial charge in [0.15, 0.2) is 12.0 Å². The lowest BCUT2D eigenvalue weighted by Gasteiger charge is -2.23. The number of fused-ring (bicyclic) bond motifs is 1. The summed E-state index contributed by atoms with van der Waals surface area (Å²) in [5, 5.41) is 13.1. The lowest BCUT2D eigenvalue weighted by molar-refractivity contribution is -0.0367. The zero-order valence-corrected chi connectivity index (χ0v) is 16.4. The van der Waals surface area contributed by atoms with Crippen LogP contribution >= 0.6 is 0 Å². The fraction of sp³-hybridized carbons (Fsp3) is 0.450. The molecule has 148 valence electrons. The van der Waals surface area contributed by atoms with E-state index < -0.39 is 0 Å². The van der Waals surface area contributed by atoms with Crippen molar-refractivity contribution in [2.45, 2.75) is 25.5 Å². The van der Waals surface area contributed by atoms with Crippen LogP contribution in [-0.2, 0) is 11.8 Å². The number of pyridine rings is 1. The molecule has 28 heavy (non-hydrogen) atoms. The molecule has 4 rings (SSSR count). The highest BCUT2D eigenvalue weighted by molar-refractivity contribution is 5.89. The predicted octanol–water partition coefficient (Wildman–Crippen LogP) is 2.77. The zero-order chi connectivity index (χ0) is 19.5. The van der Waals surface area contributed by atoms with E-state index in [9.17, 15) is 0 Å². The van der Waals surface area contributed by atoms with E-state index in [1.807, 2.05) is 31.0 Å². The first-order valence-corrected chi connectivity index (χ1v) is 9.65. The van der Waals surface area contributed by atoms with Crippen molar-refractivity contribution in [1.82, 2.24) is 29.9 Å². The van der Waals surface area contributed by atoms with Gasteiger partial charge in [0.2, 0.25) is 0 Å². The molecule has 8 nitrogen and oxygen atoms in total. The van der Waals surface area contributed by atoms with Crippen molar-refractivity contribution in [3.05, 3.63) is 30.7 Å². The minimum Gasteiger partial charge on any atom is -0.488 e. The van der Waals surface area contributed by atoms with E-state index in [1.54, 1.807) is 17.0 Å². The number of aryl methyl sites for hydroxylation is 1. The van der Waals surface area contributed by atoms with Gasteiger partial charge in [-0.2, -0.15) is 10.2 Å². The van der Waals surface area contributed by atoms with E-state index in [-0.39, 0.29) is 6.23 Å². The minimum absolute atomic E-state index is 0.0465. The van der Waals surface area contributed by atoms with E-state index in [1.165, 1.54) is 0 Å². The average Bonchev–Trinajstić information content (AvgIpc) is 3.28. The maximum atomic E-state index is 5.92. The van der Waals surface area contributed by atoms with Gasteiger partial charge in [-0.25, -0.2) is 4.68 Å². The van der Waals surface area contributed by atoms with Crippen LogP contribution in [0.3, 0.4) is 0 Å². The molecule has 0 amide bonds.